The fraction of sp³-hybridized carbons (Fsp3) is 0.759. The van der Waals surface area contributed by atoms with Crippen molar-refractivity contribution in [3.63, 3.8) is 0 Å². The number of Topliss-reactive ketones (excluding diaryl/α,β-unsaturated/α-hetero) is 1. The fourth-order valence-electron chi connectivity index (χ4n) is 9.15. The Morgan fingerprint density at radius 3 is 2.26 bits per heavy atom. The summed E-state index contributed by atoms with van der Waals surface area (Å²) >= 11 is 0. The van der Waals surface area contributed by atoms with E-state index in [-0.39, 0.29) is 47.3 Å². The van der Waals surface area contributed by atoms with Crippen LogP contribution in [-0.2, 0) is 23.9 Å². The molecule has 3 saturated heterocycles. The summed E-state index contributed by atoms with van der Waals surface area (Å²) in [4.78, 5) is 41.5. The summed E-state index contributed by atoms with van der Waals surface area (Å²) in [5.41, 5.74) is 2.18. The minimum atomic E-state index is -1.23. The van der Waals surface area contributed by atoms with Gasteiger partial charge in [0, 0.05) is 12.0 Å². The van der Waals surface area contributed by atoms with Gasteiger partial charge in [-0.25, -0.2) is 0 Å². The first-order valence-electron chi connectivity index (χ1n) is 13.4. The van der Waals surface area contributed by atoms with E-state index in [2.05, 4.69) is 27.7 Å². The molecule has 0 N–H and O–H groups in total. The van der Waals surface area contributed by atoms with Gasteiger partial charge in [-0.15, -0.1) is 0 Å². The average molecular weight is 467 g/mol. The predicted octanol–water partition coefficient (Wildman–Crippen LogP) is 5.76. The number of hydrogen-bond acceptors (Lipinski definition) is 5. The van der Waals surface area contributed by atoms with Crippen LogP contribution in [-0.4, -0.2) is 29.4 Å². The molecule has 3 heterocycles. The van der Waals surface area contributed by atoms with Crippen LogP contribution in [0.4, 0.5) is 0 Å². The van der Waals surface area contributed by atoms with E-state index in [1.807, 2.05) is 0 Å². The van der Waals surface area contributed by atoms with Crippen molar-refractivity contribution in [2.45, 2.75) is 116 Å². The van der Waals surface area contributed by atoms with Gasteiger partial charge in [-0.1, -0.05) is 25.0 Å². The molecule has 6 unspecified atom stereocenters. The molecule has 4 aliphatic carbocycles. The zero-order valence-electron chi connectivity index (χ0n) is 21.2. The highest BCUT2D eigenvalue weighted by atomic mass is 16.6. The van der Waals surface area contributed by atoms with Gasteiger partial charge >= 0.3 is 11.9 Å². The van der Waals surface area contributed by atoms with E-state index >= 15 is 0 Å². The van der Waals surface area contributed by atoms with Crippen LogP contribution in [0.3, 0.4) is 0 Å². The molecular formula is C29H38O5. The molecular weight excluding hydrogens is 428 g/mol. The molecule has 5 fully saturated rings. The SMILES string of the molecule is CC1=C2C(=O)C34CCC(=O)OC5C6=C(C)CCCC6(C)CCC5(CC3CC2(C)CCC1)OC4=O. The zero-order valence-corrected chi connectivity index (χ0v) is 21.2. The molecule has 3 aliphatic heterocycles. The number of carbonyl (C=O) groups is 3. The van der Waals surface area contributed by atoms with Crippen LogP contribution >= 0.6 is 0 Å². The maximum atomic E-state index is 14.3. The standard InChI is InChI=1S/C29H38O5/c1-17-7-6-11-27(4)15-19-16-28-14-13-26(3)10-5-8-18(2)22(26)24(28)33-20(30)9-12-29(19,25(32)34-28)23(31)21(17)27/h19,24H,5-16H2,1-4H3. The first-order chi connectivity index (χ1) is 16.0. The van der Waals surface area contributed by atoms with Gasteiger partial charge in [-0.05, 0) is 107 Å². The number of allylic oxidation sites excluding steroid dienone is 3. The van der Waals surface area contributed by atoms with Crippen molar-refractivity contribution >= 4 is 17.7 Å². The highest BCUT2D eigenvalue weighted by Gasteiger charge is 2.70. The van der Waals surface area contributed by atoms with Crippen LogP contribution in [0.15, 0.2) is 22.3 Å². The molecule has 5 heteroatoms. The molecule has 0 aromatic heterocycles. The summed E-state index contributed by atoms with van der Waals surface area (Å²) in [7, 11) is 0. The van der Waals surface area contributed by atoms with Crippen molar-refractivity contribution in [2.24, 2.45) is 22.2 Å². The van der Waals surface area contributed by atoms with Gasteiger partial charge in [0.1, 0.15) is 5.41 Å². The lowest BCUT2D eigenvalue weighted by molar-refractivity contribution is -0.222. The van der Waals surface area contributed by atoms with E-state index in [4.69, 9.17) is 9.47 Å². The Bertz CT molecular complexity index is 1070. The van der Waals surface area contributed by atoms with Crippen LogP contribution in [0.1, 0.15) is 105 Å². The molecule has 34 heavy (non-hydrogen) atoms. The Hall–Kier alpha value is -1.91. The maximum Gasteiger partial charge on any atom is 0.321 e. The first-order valence-corrected chi connectivity index (χ1v) is 13.4. The molecule has 6 atom stereocenters. The quantitative estimate of drug-likeness (QED) is 0.258. The number of fused-ring (bicyclic) bond motifs is 6. The van der Waals surface area contributed by atoms with Gasteiger partial charge in [0.2, 0.25) is 0 Å². The summed E-state index contributed by atoms with van der Waals surface area (Å²) in [6, 6.07) is 0. The van der Waals surface area contributed by atoms with Crippen LogP contribution < -0.4 is 0 Å². The zero-order chi connectivity index (χ0) is 24.1. The molecule has 2 saturated carbocycles. The fourth-order valence-corrected chi connectivity index (χ4v) is 9.15. The Labute approximate surface area is 202 Å². The van der Waals surface area contributed by atoms with E-state index in [0.717, 1.165) is 62.5 Å². The summed E-state index contributed by atoms with van der Waals surface area (Å²) in [6.07, 6.45) is 9.05. The highest BCUT2D eigenvalue weighted by Crippen LogP contribution is 2.65. The first kappa shape index (κ1) is 22.5. The van der Waals surface area contributed by atoms with Crippen molar-refractivity contribution in [3.05, 3.63) is 22.3 Å². The summed E-state index contributed by atoms with van der Waals surface area (Å²) in [5, 5.41) is 0. The monoisotopic (exact) mass is 466 g/mol. The third-order valence-corrected chi connectivity index (χ3v) is 10.8. The number of esters is 2. The lowest BCUT2D eigenvalue weighted by Gasteiger charge is -2.59. The van der Waals surface area contributed by atoms with E-state index in [1.54, 1.807) is 0 Å². The Kier molecular flexibility index (Phi) is 4.69. The summed E-state index contributed by atoms with van der Waals surface area (Å²) in [6.45, 7) is 8.73. The van der Waals surface area contributed by atoms with Gasteiger partial charge in [0.25, 0.3) is 0 Å². The molecule has 0 aromatic carbocycles. The van der Waals surface area contributed by atoms with Gasteiger partial charge in [-0.2, -0.15) is 0 Å². The van der Waals surface area contributed by atoms with E-state index in [1.165, 1.54) is 11.1 Å². The molecule has 2 bridgehead atoms. The van der Waals surface area contributed by atoms with Crippen molar-refractivity contribution in [1.29, 1.82) is 0 Å². The number of ketones is 1. The Morgan fingerprint density at radius 1 is 0.794 bits per heavy atom. The number of carbonyl (C=O) groups excluding carboxylic acids is 3. The van der Waals surface area contributed by atoms with E-state index in [9.17, 15) is 14.4 Å². The minimum Gasteiger partial charge on any atom is -0.454 e. The number of hydrogen-bond donors (Lipinski definition) is 0. The summed E-state index contributed by atoms with van der Waals surface area (Å²) < 4.78 is 12.7. The van der Waals surface area contributed by atoms with Gasteiger partial charge < -0.3 is 9.47 Å². The molecule has 7 aliphatic rings. The van der Waals surface area contributed by atoms with Crippen molar-refractivity contribution in [1.82, 2.24) is 0 Å². The molecule has 0 amide bonds. The Morgan fingerprint density at radius 2 is 1.50 bits per heavy atom. The topological polar surface area (TPSA) is 69.7 Å². The second-order valence-corrected chi connectivity index (χ2v) is 12.9. The molecule has 0 aromatic rings. The normalized spacial score (nSPS) is 46.3. The predicted molar refractivity (Wildman–Crippen MR) is 127 cm³/mol. The van der Waals surface area contributed by atoms with Gasteiger partial charge in [0.05, 0.1) is 0 Å². The van der Waals surface area contributed by atoms with Crippen molar-refractivity contribution in [2.75, 3.05) is 0 Å². The smallest absolute Gasteiger partial charge is 0.321 e. The number of rotatable bonds is 0. The maximum absolute atomic E-state index is 14.3. The number of ether oxygens (including phenoxy) is 2. The van der Waals surface area contributed by atoms with Crippen molar-refractivity contribution in [3.8, 4) is 0 Å². The van der Waals surface area contributed by atoms with Crippen LogP contribution in [0.25, 0.3) is 0 Å². The van der Waals surface area contributed by atoms with Crippen LogP contribution in [0, 0.1) is 22.2 Å². The molecule has 0 radical (unpaired) electrons. The molecule has 2 spiro atoms. The second-order valence-electron chi connectivity index (χ2n) is 12.9. The van der Waals surface area contributed by atoms with E-state index < -0.39 is 17.1 Å². The third kappa shape index (κ3) is 2.76. The molecule has 5 nitrogen and oxygen atoms in total. The molecule has 184 valence electrons. The molecule has 7 rings (SSSR count). The lowest BCUT2D eigenvalue weighted by Crippen LogP contribution is -2.66. The van der Waals surface area contributed by atoms with E-state index in [0.29, 0.717) is 12.8 Å². The second kappa shape index (κ2) is 7.07. The van der Waals surface area contributed by atoms with Crippen LogP contribution in [0.5, 0.6) is 0 Å². The summed E-state index contributed by atoms with van der Waals surface area (Å²) in [5.74, 6) is -0.837. The lowest BCUT2D eigenvalue weighted by atomic mass is 9.47. The van der Waals surface area contributed by atoms with Gasteiger partial charge in [-0.3, -0.25) is 14.4 Å². The minimum absolute atomic E-state index is 0.0156. The van der Waals surface area contributed by atoms with Crippen LogP contribution in [0.2, 0.25) is 0 Å². The Balaban J connectivity index is 1.52. The largest absolute Gasteiger partial charge is 0.454 e. The third-order valence-electron chi connectivity index (χ3n) is 10.8. The highest BCUT2D eigenvalue weighted by molar-refractivity contribution is 6.15. The van der Waals surface area contributed by atoms with Gasteiger partial charge in [0.15, 0.2) is 17.5 Å². The average Bonchev–Trinajstić information content (AvgIpc) is 2.82. The van der Waals surface area contributed by atoms with Crippen molar-refractivity contribution < 1.29 is 23.9 Å².